The van der Waals surface area contributed by atoms with Crippen LogP contribution >= 0.6 is 0 Å². The van der Waals surface area contributed by atoms with Crippen LogP contribution in [0, 0.1) is 6.92 Å². The summed E-state index contributed by atoms with van der Waals surface area (Å²) >= 11 is 0. The number of furan rings is 1. The van der Waals surface area contributed by atoms with Crippen molar-refractivity contribution >= 4 is 22.9 Å². The quantitative estimate of drug-likeness (QED) is 0.763. The summed E-state index contributed by atoms with van der Waals surface area (Å²) in [5.74, 6) is 0.655. The van der Waals surface area contributed by atoms with Gasteiger partial charge in [-0.2, -0.15) is 0 Å². The monoisotopic (exact) mass is 414 g/mol. The largest absolute Gasteiger partial charge is 0.460 e. The average Bonchev–Trinajstić information content (AvgIpc) is 3.07. The third-order valence-corrected chi connectivity index (χ3v) is 6.69. The molecule has 2 aromatic heterocycles. The Morgan fingerprint density at radius 3 is 2.60 bits per heavy atom. The molecule has 1 saturated carbocycles. The molecule has 4 rings (SSSR count). The molecule has 3 heterocycles. The minimum atomic E-state index is -0.941. The van der Waals surface area contributed by atoms with E-state index in [0.29, 0.717) is 30.9 Å². The summed E-state index contributed by atoms with van der Waals surface area (Å²) in [6.45, 7) is 5.45. The molecule has 30 heavy (non-hydrogen) atoms. The van der Waals surface area contributed by atoms with Gasteiger partial charge in [-0.3, -0.25) is 9.59 Å². The normalized spacial score (nSPS) is 23.1. The van der Waals surface area contributed by atoms with Crippen molar-refractivity contribution in [3.05, 3.63) is 23.6 Å². The Hall–Kier alpha value is -2.28. The zero-order valence-electron chi connectivity index (χ0n) is 18.7. The van der Waals surface area contributed by atoms with Crippen molar-refractivity contribution in [2.24, 2.45) is 0 Å². The van der Waals surface area contributed by atoms with Crippen LogP contribution in [0.2, 0.25) is 0 Å². The molecule has 164 valence electrons. The molecule has 0 aromatic carbocycles. The highest BCUT2D eigenvalue weighted by molar-refractivity contribution is 6.03. The van der Waals surface area contributed by atoms with Crippen LogP contribution in [-0.2, 0) is 11.3 Å². The van der Waals surface area contributed by atoms with Gasteiger partial charge in [0.1, 0.15) is 17.0 Å². The Bertz CT molecular complexity index is 936. The van der Waals surface area contributed by atoms with Gasteiger partial charge in [0, 0.05) is 31.3 Å². The highest BCUT2D eigenvalue weighted by Crippen LogP contribution is 2.34. The van der Waals surface area contributed by atoms with Crippen LogP contribution in [0.3, 0.4) is 0 Å². The first kappa shape index (κ1) is 21.0. The first-order valence-corrected chi connectivity index (χ1v) is 11.2. The minimum Gasteiger partial charge on any atom is -0.460 e. The lowest BCUT2D eigenvalue weighted by Gasteiger charge is -2.45. The standard InChI is InChI=1S/C23H34N4O3/c1-16-13-18-20(30-16)14-19-21(28)27(12-11-25(3)4)23(2,15-26(18)19)22(29)24-17-9-7-5-6-8-10-17/h13-14,17H,5-12,15H2,1-4H3,(H,24,29). The van der Waals surface area contributed by atoms with Gasteiger partial charge < -0.3 is 24.1 Å². The van der Waals surface area contributed by atoms with Crippen LogP contribution < -0.4 is 5.32 Å². The van der Waals surface area contributed by atoms with E-state index in [1.54, 1.807) is 4.90 Å². The summed E-state index contributed by atoms with van der Waals surface area (Å²) in [6.07, 6.45) is 6.83. The van der Waals surface area contributed by atoms with E-state index in [9.17, 15) is 9.59 Å². The van der Waals surface area contributed by atoms with E-state index in [1.807, 2.05) is 49.5 Å². The van der Waals surface area contributed by atoms with Crippen LogP contribution in [0.1, 0.15) is 61.7 Å². The molecule has 7 heteroatoms. The molecule has 1 atom stereocenters. The summed E-state index contributed by atoms with van der Waals surface area (Å²) in [5, 5.41) is 3.30. The molecule has 0 radical (unpaired) electrons. The summed E-state index contributed by atoms with van der Waals surface area (Å²) in [7, 11) is 3.96. The molecular formula is C23H34N4O3. The smallest absolute Gasteiger partial charge is 0.271 e. The number of rotatable bonds is 5. The lowest BCUT2D eigenvalue weighted by atomic mass is 9.93. The predicted octanol–water partition coefficient (Wildman–Crippen LogP) is 3.16. The van der Waals surface area contributed by atoms with Crippen molar-refractivity contribution in [2.75, 3.05) is 27.2 Å². The topological polar surface area (TPSA) is 70.7 Å². The van der Waals surface area contributed by atoms with Gasteiger partial charge in [0.05, 0.1) is 12.1 Å². The van der Waals surface area contributed by atoms with Crippen LogP contribution in [-0.4, -0.2) is 64.9 Å². The molecule has 1 unspecified atom stereocenters. The van der Waals surface area contributed by atoms with Gasteiger partial charge in [0.25, 0.3) is 5.91 Å². The van der Waals surface area contributed by atoms with Gasteiger partial charge in [-0.05, 0) is 40.8 Å². The zero-order chi connectivity index (χ0) is 21.5. The maximum absolute atomic E-state index is 13.6. The molecule has 1 N–H and O–H groups in total. The lowest BCUT2D eigenvalue weighted by Crippen LogP contribution is -2.65. The van der Waals surface area contributed by atoms with Crippen molar-refractivity contribution < 1.29 is 14.0 Å². The number of nitrogens with zero attached hydrogens (tertiary/aromatic N) is 3. The lowest BCUT2D eigenvalue weighted by molar-refractivity contribution is -0.133. The summed E-state index contributed by atoms with van der Waals surface area (Å²) in [4.78, 5) is 30.9. The van der Waals surface area contributed by atoms with Gasteiger partial charge >= 0.3 is 0 Å². The number of carbonyl (C=O) groups is 2. The second kappa shape index (κ2) is 8.10. The summed E-state index contributed by atoms with van der Waals surface area (Å²) in [6, 6.07) is 3.96. The van der Waals surface area contributed by atoms with Crippen LogP contribution in [0.15, 0.2) is 16.5 Å². The summed E-state index contributed by atoms with van der Waals surface area (Å²) < 4.78 is 7.73. The average molecular weight is 415 g/mol. The van der Waals surface area contributed by atoms with Crippen molar-refractivity contribution in [1.29, 1.82) is 0 Å². The third-order valence-electron chi connectivity index (χ3n) is 6.69. The number of aryl methyl sites for hydroxylation is 1. The van der Waals surface area contributed by atoms with E-state index in [4.69, 9.17) is 4.42 Å². The van der Waals surface area contributed by atoms with E-state index in [1.165, 1.54) is 12.8 Å². The Morgan fingerprint density at radius 1 is 1.23 bits per heavy atom. The van der Waals surface area contributed by atoms with Crippen molar-refractivity contribution in [3.8, 4) is 0 Å². The van der Waals surface area contributed by atoms with Crippen LogP contribution in [0.25, 0.3) is 11.1 Å². The van der Waals surface area contributed by atoms with E-state index < -0.39 is 5.54 Å². The predicted molar refractivity (Wildman–Crippen MR) is 117 cm³/mol. The molecule has 0 spiro atoms. The molecule has 0 saturated heterocycles. The van der Waals surface area contributed by atoms with E-state index in [-0.39, 0.29) is 17.9 Å². The Balaban J connectivity index is 1.67. The van der Waals surface area contributed by atoms with Gasteiger partial charge in [0.15, 0.2) is 5.58 Å². The SMILES string of the molecule is Cc1cc2c(cc3n2CC(C)(C(=O)NC2CCCCCC2)N(CCN(C)C)C3=O)o1. The number of amides is 2. The van der Waals surface area contributed by atoms with Gasteiger partial charge in [-0.15, -0.1) is 0 Å². The van der Waals surface area contributed by atoms with Crippen molar-refractivity contribution in [1.82, 2.24) is 19.7 Å². The van der Waals surface area contributed by atoms with E-state index >= 15 is 0 Å². The molecule has 2 aromatic rings. The number of carbonyl (C=O) groups excluding carboxylic acids is 2. The zero-order valence-corrected chi connectivity index (χ0v) is 18.7. The molecule has 2 aliphatic rings. The van der Waals surface area contributed by atoms with E-state index in [2.05, 4.69) is 5.32 Å². The molecule has 1 aliphatic carbocycles. The molecule has 2 amide bonds. The fourth-order valence-corrected chi connectivity index (χ4v) is 4.88. The maximum Gasteiger partial charge on any atom is 0.271 e. The first-order chi connectivity index (χ1) is 14.3. The summed E-state index contributed by atoms with van der Waals surface area (Å²) in [5.41, 5.74) is 1.25. The first-order valence-electron chi connectivity index (χ1n) is 11.2. The second-order valence-corrected chi connectivity index (χ2v) is 9.42. The second-order valence-electron chi connectivity index (χ2n) is 9.42. The molecule has 7 nitrogen and oxygen atoms in total. The molecule has 1 fully saturated rings. The van der Waals surface area contributed by atoms with Crippen LogP contribution in [0.5, 0.6) is 0 Å². The molecule has 0 bridgehead atoms. The van der Waals surface area contributed by atoms with Crippen LogP contribution in [0.4, 0.5) is 0 Å². The molecular weight excluding hydrogens is 380 g/mol. The van der Waals surface area contributed by atoms with Crippen molar-refractivity contribution in [2.45, 2.75) is 70.5 Å². The Labute approximate surface area is 178 Å². The third kappa shape index (κ3) is 3.75. The minimum absolute atomic E-state index is 0.0470. The van der Waals surface area contributed by atoms with Gasteiger partial charge in [0.2, 0.25) is 5.91 Å². The number of fused-ring (bicyclic) bond motifs is 3. The number of hydrogen-bond acceptors (Lipinski definition) is 4. The Morgan fingerprint density at radius 2 is 1.93 bits per heavy atom. The van der Waals surface area contributed by atoms with Gasteiger partial charge in [-0.25, -0.2) is 0 Å². The number of nitrogens with one attached hydrogen (secondary N) is 1. The highest BCUT2D eigenvalue weighted by Gasteiger charge is 2.48. The fourth-order valence-electron chi connectivity index (χ4n) is 4.88. The van der Waals surface area contributed by atoms with Gasteiger partial charge in [-0.1, -0.05) is 25.7 Å². The van der Waals surface area contributed by atoms with E-state index in [0.717, 1.165) is 37.0 Å². The number of likely N-dealkylation sites (N-methyl/N-ethyl adjacent to an activating group) is 1. The highest BCUT2D eigenvalue weighted by atomic mass is 16.3. The Kier molecular flexibility index (Phi) is 5.66. The number of hydrogen-bond donors (Lipinski definition) is 1. The number of aromatic nitrogens is 1. The fraction of sp³-hybridized carbons (Fsp3) is 0.652. The van der Waals surface area contributed by atoms with Crippen molar-refractivity contribution in [3.63, 3.8) is 0 Å². The maximum atomic E-state index is 13.6. The molecule has 1 aliphatic heterocycles.